The van der Waals surface area contributed by atoms with Crippen LogP contribution in [0.15, 0.2) is 12.4 Å². The van der Waals surface area contributed by atoms with Crippen molar-refractivity contribution in [3.05, 3.63) is 18.2 Å². The summed E-state index contributed by atoms with van der Waals surface area (Å²) in [5.74, 6) is 1.30. The van der Waals surface area contributed by atoms with Crippen LogP contribution in [0.1, 0.15) is 156 Å². The van der Waals surface area contributed by atoms with Crippen LogP contribution >= 0.6 is 0 Å². The maximum Gasteiger partial charge on any atom is 0.308 e. The number of rotatable bonds is 25. The lowest BCUT2D eigenvalue weighted by Crippen LogP contribution is -2.26. The second-order valence-corrected chi connectivity index (χ2v) is 11.3. The summed E-state index contributed by atoms with van der Waals surface area (Å²) >= 11 is 0. The lowest BCUT2D eigenvalue weighted by molar-refractivity contribution is -0.149. The number of carbonyl (C=O) groups is 1. The molecule has 0 bridgehead atoms. The van der Waals surface area contributed by atoms with Gasteiger partial charge in [0.05, 0.1) is 12.5 Å². The van der Waals surface area contributed by atoms with E-state index >= 15 is 0 Å². The van der Waals surface area contributed by atoms with E-state index in [-0.39, 0.29) is 11.9 Å². The third-order valence-electron chi connectivity index (χ3n) is 7.50. The molecule has 0 aromatic carbocycles. The van der Waals surface area contributed by atoms with E-state index in [9.17, 15) is 4.79 Å². The van der Waals surface area contributed by atoms with Crippen molar-refractivity contribution in [2.24, 2.45) is 5.92 Å². The molecule has 1 heterocycles. The van der Waals surface area contributed by atoms with Crippen molar-refractivity contribution in [2.75, 3.05) is 26.2 Å². The van der Waals surface area contributed by atoms with Gasteiger partial charge in [0.2, 0.25) is 0 Å². The molecule has 0 aliphatic heterocycles. The number of aryl methyl sites for hydroxylation is 2. The highest BCUT2D eigenvalue weighted by Gasteiger charge is 2.19. The molecule has 0 saturated carbocycles. The Morgan fingerprint density at radius 3 is 1.92 bits per heavy atom. The minimum atomic E-state index is 0.0744. The zero-order valence-electron chi connectivity index (χ0n) is 27.2. The summed E-state index contributed by atoms with van der Waals surface area (Å²) in [6.07, 6.45) is 25.6. The van der Waals surface area contributed by atoms with Crippen molar-refractivity contribution >= 4 is 5.97 Å². The molecule has 0 aliphatic carbocycles. The van der Waals surface area contributed by atoms with E-state index in [0.29, 0.717) is 6.61 Å². The normalized spacial score (nSPS) is 11.9. The quantitative estimate of drug-likeness (QED) is 0.0899. The third kappa shape index (κ3) is 22.1. The number of nitrogens with zero attached hydrogens (tertiary/aromatic N) is 3. The van der Waals surface area contributed by atoms with Crippen LogP contribution in [0.3, 0.4) is 0 Å². The first-order chi connectivity index (χ1) is 19.0. The van der Waals surface area contributed by atoms with Gasteiger partial charge in [0.15, 0.2) is 0 Å². The zero-order valence-corrected chi connectivity index (χ0v) is 27.2. The summed E-state index contributed by atoms with van der Waals surface area (Å²) in [4.78, 5) is 19.6. The second-order valence-electron chi connectivity index (χ2n) is 11.3. The Balaban J connectivity index is 0.00000458. The smallest absolute Gasteiger partial charge is 0.308 e. The Bertz CT molecular complexity index is 646. The number of hydrogen-bond donors (Lipinski definition) is 0. The Labute approximate surface area is 243 Å². The lowest BCUT2D eigenvalue weighted by Gasteiger charge is -2.20. The van der Waals surface area contributed by atoms with Crippen LogP contribution in [-0.2, 0) is 16.1 Å². The lowest BCUT2D eigenvalue weighted by atomic mass is 9.94. The van der Waals surface area contributed by atoms with Crippen molar-refractivity contribution in [3.63, 3.8) is 0 Å². The Morgan fingerprint density at radius 1 is 0.795 bits per heavy atom. The second kappa shape index (κ2) is 28.2. The van der Waals surface area contributed by atoms with Gasteiger partial charge in [0.1, 0.15) is 5.82 Å². The number of unbranched alkanes of at least 4 members (excludes halogenated alkanes) is 11. The molecular formula is C34H67N3O2. The first kappa shape index (κ1) is 37.6. The van der Waals surface area contributed by atoms with Crippen LogP contribution in [0.4, 0.5) is 0 Å². The topological polar surface area (TPSA) is 47.4 Å². The molecule has 1 unspecified atom stereocenters. The van der Waals surface area contributed by atoms with Gasteiger partial charge >= 0.3 is 5.97 Å². The fraction of sp³-hybridized carbons (Fsp3) is 0.882. The Hall–Kier alpha value is -1.36. The fourth-order valence-corrected chi connectivity index (χ4v) is 4.98. The first-order valence-electron chi connectivity index (χ1n) is 16.9. The summed E-state index contributed by atoms with van der Waals surface area (Å²) in [5.41, 5.74) is 0. The minimum Gasteiger partial charge on any atom is -0.465 e. The van der Waals surface area contributed by atoms with Crippen LogP contribution in [0.2, 0.25) is 0 Å². The molecule has 0 aliphatic rings. The van der Waals surface area contributed by atoms with Crippen molar-refractivity contribution in [2.45, 2.75) is 164 Å². The molecule has 1 aromatic heterocycles. The van der Waals surface area contributed by atoms with E-state index < -0.39 is 0 Å². The van der Waals surface area contributed by atoms with Crippen LogP contribution < -0.4 is 0 Å². The predicted molar refractivity (Wildman–Crippen MR) is 169 cm³/mol. The molecule has 0 amide bonds. The zero-order chi connectivity index (χ0) is 29.0. The number of aromatic nitrogens is 2. The van der Waals surface area contributed by atoms with Crippen molar-refractivity contribution in [1.29, 1.82) is 0 Å². The largest absolute Gasteiger partial charge is 0.465 e. The van der Waals surface area contributed by atoms with E-state index in [1.54, 1.807) is 0 Å². The van der Waals surface area contributed by atoms with Gasteiger partial charge in [-0.2, -0.15) is 0 Å². The molecule has 0 radical (unpaired) electrons. The monoisotopic (exact) mass is 550 g/mol. The molecule has 39 heavy (non-hydrogen) atoms. The maximum absolute atomic E-state index is 12.8. The van der Waals surface area contributed by atoms with E-state index in [2.05, 4.69) is 62.2 Å². The van der Waals surface area contributed by atoms with Gasteiger partial charge in [-0.3, -0.25) is 4.79 Å². The number of carbonyl (C=O) groups excluding carboxylic acids is 1. The summed E-state index contributed by atoms with van der Waals surface area (Å²) in [6, 6.07) is 0. The van der Waals surface area contributed by atoms with Crippen LogP contribution in [-0.4, -0.2) is 46.7 Å². The average Bonchev–Trinajstić information content (AvgIpc) is 3.34. The van der Waals surface area contributed by atoms with Gasteiger partial charge < -0.3 is 14.2 Å². The Morgan fingerprint density at radius 2 is 1.33 bits per heavy atom. The number of esters is 1. The molecule has 0 N–H and O–H groups in total. The standard InChI is InChI=1S/C31H59N3O2.C3H8/c1-5-8-10-12-13-17-22-30(21-16-11-9-6-2)31(35)36-28-19-15-14-18-24-33(7-3)25-20-26-34-27-23-32-29(34)4;1-3-2/h23,27,30H,5-22,24-26,28H2,1-4H3;3H2,1-2H3. The van der Waals surface area contributed by atoms with E-state index in [0.717, 1.165) is 57.7 Å². The Kier molecular flexibility index (Phi) is 27.2. The van der Waals surface area contributed by atoms with Crippen molar-refractivity contribution < 1.29 is 9.53 Å². The number of ether oxygens (including phenoxy) is 1. The van der Waals surface area contributed by atoms with Gasteiger partial charge in [-0.25, -0.2) is 4.98 Å². The van der Waals surface area contributed by atoms with Gasteiger partial charge in [-0.15, -0.1) is 0 Å². The molecule has 0 saturated heterocycles. The van der Waals surface area contributed by atoms with Crippen molar-refractivity contribution in [3.8, 4) is 0 Å². The van der Waals surface area contributed by atoms with Crippen molar-refractivity contribution in [1.82, 2.24) is 14.5 Å². The highest BCUT2D eigenvalue weighted by Crippen LogP contribution is 2.20. The SMILES string of the molecule is CCC.CCCCCCCCC(CCCCCC)C(=O)OCCCCCCN(CC)CCCn1ccnc1C. The van der Waals surface area contributed by atoms with Gasteiger partial charge in [-0.1, -0.05) is 118 Å². The number of hydrogen-bond acceptors (Lipinski definition) is 4. The first-order valence-corrected chi connectivity index (χ1v) is 16.9. The maximum atomic E-state index is 12.8. The molecule has 230 valence electrons. The van der Waals surface area contributed by atoms with Crippen LogP contribution in [0.25, 0.3) is 0 Å². The van der Waals surface area contributed by atoms with Gasteiger partial charge in [0.25, 0.3) is 0 Å². The van der Waals surface area contributed by atoms with Gasteiger partial charge in [0, 0.05) is 18.9 Å². The molecule has 1 atom stereocenters. The third-order valence-corrected chi connectivity index (χ3v) is 7.50. The molecule has 1 rings (SSSR count). The highest BCUT2D eigenvalue weighted by molar-refractivity contribution is 5.72. The van der Waals surface area contributed by atoms with E-state index in [1.807, 2.05) is 6.20 Å². The fourth-order valence-electron chi connectivity index (χ4n) is 4.98. The summed E-state index contributed by atoms with van der Waals surface area (Å²) < 4.78 is 7.98. The molecular weight excluding hydrogens is 482 g/mol. The summed E-state index contributed by atoms with van der Waals surface area (Å²) in [7, 11) is 0. The number of imidazole rings is 1. The molecule has 5 heteroatoms. The highest BCUT2D eigenvalue weighted by atomic mass is 16.5. The van der Waals surface area contributed by atoms with Gasteiger partial charge in [-0.05, 0) is 58.7 Å². The molecule has 0 fully saturated rings. The molecule has 1 aromatic rings. The predicted octanol–water partition coefficient (Wildman–Crippen LogP) is 9.76. The average molecular weight is 550 g/mol. The molecule has 5 nitrogen and oxygen atoms in total. The minimum absolute atomic E-state index is 0.0744. The summed E-state index contributed by atoms with van der Waals surface area (Å²) in [6.45, 7) is 18.1. The van der Waals surface area contributed by atoms with Crippen LogP contribution in [0, 0.1) is 12.8 Å². The van der Waals surface area contributed by atoms with E-state index in [1.165, 1.54) is 89.9 Å². The van der Waals surface area contributed by atoms with Crippen LogP contribution in [0.5, 0.6) is 0 Å². The summed E-state index contributed by atoms with van der Waals surface area (Å²) in [5, 5.41) is 0. The molecule has 0 spiro atoms. The van der Waals surface area contributed by atoms with E-state index in [4.69, 9.17) is 4.74 Å².